The first-order valence-electron chi connectivity index (χ1n) is 8.68. The molecule has 6 heteroatoms. The van der Waals surface area contributed by atoms with Crippen molar-refractivity contribution in [2.75, 3.05) is 17.2 Å². The Morgan fingerprint density at radius 3 is 2.50 bits per heavy atom. The fraction of sp³-hybridized carbons (Fsp3) is 0.0909. The van der Waals surface area contributed by atoms with Crippen LogP contribution in [0.15, 0.2) is 72.8 Å². The lowest BCUT2D eigenvalue weighted by Crippen LogP contribution is -2.22. The van der Waals surface area contributed by atoms with Crippen molar-refractivity contribution in [1.29, 1.82) is 0 Å². The third-order valence-electron chi connectivity index (χ3n) is 3.91. The standard InChI is InChI=1S/C22H19ClN2O3/c1-15(26)16-6-5-7-18(12-16)24-14-22(27)25-20-13-17(23)10-11-21(20)28-19-8-3-2-4-9-19/h2-13,24H,14H2,1H3,(H,25,27). The van der Waals surface area contributed by atoms with Crippen molar-refractivity contribution < 1.29 is 14.3 Å². The molecule has 3 aromatic rings. The maximum absolute atomic E-state index is 12.4. The van der Waals surface area contributed by atoms with E-state index in [0.29, 0.717) is 33.5 Å². The van der Waals surface area contributed by atoms with Crippen molar-refractivity contribution >= 4 is 34.7 Å². The van der Waals surface area contributed by atoms with Crippen LogP contribution in [0.5, 0.6) is 11.5 Å². The van der Waals surface area contributed by atoms with E-state index in [1.165, 1.54) is 6.92 Å². The number of Topliss-reactive ketones (excluding diaryl/α,β-unsaturated/α-hetero) is 1. The molecular formula is C22H19ClN2O3. The molecule has 0 atom stereocenters. The predicted octanol–water partition coefficient (Wildman–Crippen LogP) is 5.39. The zero-order valence-electron chi connectivity index (χ0n) is 15.2. The average molecular weight is 395 g/mol. The lowest BCUT2D eigenvalue weighted by atomic mass is 10.1. The molecule has 0 aliphatic carbocycles. The summed E-state index contributed by atoms with van der Waals surface area (Å²) in [7, 11) is 0. The van der Waals surface area contributed by atoms with Gasteiger partial charge < -0.3 is 15.4 Å². The van der Waals surface area contributed by atoms with Gasteiger partial charge in [0.05, 0.1) is 12.2 Å². The lowest BCUT2D eigenvalue weighted by Gasteiger charge is -2.13. The van der Waals surface area contributed by atoms with Crippen LogP contribution >= 0.6 is 11.6 Å². The Morgan fingerprint density at radius 2 is 1.75 bits per heavy atom. The van der Waals surface area contributed by atoms with E-state index in [9.17, 15) is 9.59 Å². The van der Waals surface area contributed by atoms with E-state index in [4.69, 9.17) is 16.3 Å². The quantitative estimate of drug-likeness (QED) is 0.527. The van der Waals surface area contributed by atoms with E-state index in [2.05, 4.69) is 10.6 Å². The van der Waals surface area contributed by atoms with Crippen LogP contribution in [0.25, 0.3) is 0 Å². The molecule has 0 aliphatic rings. The van der Waals surface area contributed by atoms with Gasteiger partial charge in [0, 0.05) is 16.3 Å². The fourth-order valence-electron chi connectivity index (χ4n) is 2.53. The van der Waals surface area contributed by atoms with Gasteiger partial charge in [0.25, 0.3) is 0 Å². The molecule has 0 fully saturated rings. The Kier molecular flexibility index (Phi) is 6.29. The Labute approximate surface area is 168 Å². The molecule has 2 N–H and O–H groups in total. The Hall–Kier alpha value is -3.31. The van der Waals surface area contributed by atoms with Crippen LogP contribution in [0.1, 0.15) is 17.3 Å². The number of para-hydroxylation sites is 1. The summed E-state index contributed by atoms with van der Waals surface area (Å²) in [4.78, 5) is 23.8. The summed E-state index contributed by atoms with van der Waals surface area (Å²) in [6, 6.07) is 21.3. The number of benzene rings is 3. The molecule has 0 heterocycles. The highest BCUT2D eigenvalue weighted by Crippen LogP contribution is 2.32. The molecule has 0 saturated carbocycles. The number of halogens is 1. The van der Waals surface area contributed by atoms with Gasteiger partial charge in [-0.1, -0.05) is 41.9 Å². The van der Waals surface area contributed by atoms with Crippen LogP contribution in [0, 0.1) is 0 Å². The van der Waals surface area contributed by atoms with Gasteiger partial charge >= 0.3 is 0 Å². The van der Waals surface area contributed by atoms with Crippen molar-refractivity contribution in [2.45, 2.75) is 6.92 Å². The van der Waals surface area contributed by atoms with Crippen LogP contribution in [0.4, 0.5) is 11.4 Å². The third-order valence-corrected chi connectivity index (χ3v) is 4.14. The summed E-state index contributed by atoms with van der Waals surface area (Å²) < 4.78 is 5.84. The van der Waals surface area contributed by atoms with Gasteiger partial charge in [-0.2, -0.15) is 0 Å². The predicted molar refractivity (Wildman–Crippen MR) is 112 cm³/mol. The van der Waals surface area contributed by atoms with Crippen LogP contribution < -0.4 is 15.4 Å². The summed E-state index contributed by atoms with van der Waals surface area (Å²) in [6.45, 7) is 1.53. The van der Waals surface area contributed by atoms with Crippen molar-refractivity contribution in [3.05, 3.63) is 83.4 Å². The van der Waals surface area contributed by atoms with E-state index in [1.54, 1.807) is 42.5 Å². The number of ketones is 1. The smallest absolute Gasteiger partial charge is 0.243 e. The minimum atomic E-state index is -0.270. The highest BCUT2D eigenvalue weighted by Gasteiger charge is 2.10. The summed E-state index contributed by atoms with van der Waals surface area (Å²) in [5.41, 5.74) is 1.74. The monoisotopic (exact) mass is 394 g/mol. The molecule has 3 aromatic carbocycles. The largest absolute Gasteiger partial charge is 0.455 e. The number of rotatable bonds is 7. The second kappa shape index (κ2) is 9.06. The highest BCUT2D eigenvalue weighted by molar-refractivity contribution is 6.31. The molecular weight excluding hydrogens is 376 g/mol. The number of hydrogen-bond donors (Lipinski definition) is 2. The molecule has 3 rings (SSSR count). The second-order valence-electron chi connectivity index (χ2n) is 6.09. The molecule has 0 aromatic heterocycles. The van der Waals surface area contributed by atoms with Gasteiger partial charge in [-0.05, 0) is 49.4 Å². The van der Waals surface area contributed by atoms with Crippen LogP contribution in [0.3, 0.4) is 0 Å². The number of anilines is 2. The van der Waals surface area contributed by atoms with Gasteiger partial charge in [-0.25, -0.2) is 0 Å². The summed E-state index contributed by atoms with van der Waals surface area (Å²) in [6.07, 6.45) is 0. The van der Waals surface area contributed by atoms with Gasteiger partial charge in [-0.3, -0.25) is 9.59 Å². The zero-order chi connectivity index (χ0) is 19.9. The normalized spacial score (nSPS) is 10.2. The summed E-state index contributed by atoms with van der Waals surface area (Å²) in [5, 5.41) is 6.29. The molecule has 28 heavy (non-hydrogen) atoms. The van der Waals surface area contributed by atoms with Crippen LogP contribution in [-0.4, -0.2) is 18.2 Å². The minimum absolute atomic E-state index is 0.0264. The SMILES string of the molecule is CC(=O)c1cccc(NCC(=O)Nc2cc(Cl)ccc2Oc2ccccc2)c1. The maximum atomic E-state index is 12.4. The number of hydrogen-bond acceptors (Lipinski definition) is 4. The number of ether oxygens (including phenoxy) is 1. The van der Waals surface area contributed by atoms with E-state index in [0.717, 1.165) is 0 Å². The Bertz CT molecular complexity index is 990. The number of amides is 1. The van der Waals surface area contributed by atoms with E-state index in [-0.39, 0.29) is 18.2 Å². The molecule has 0 aliphatic heterocycles. The Morgan fingerprint density at radius 1 is 0.964 bits per heavy atom. The van der Waals surface area contributed by atoms with Gasteiger partial charge in [0.2, 0.25) is 5.91 Å². The van der Waals surface area contributed by atoms with Crippen molar-refractivity contribution in [3.8, 4) is 11.5 Å². The van der Waals surface area contributed by atoms with Gasteiger partial charge in [0.15, 0.2) is 11.5 Å². The summed E-state index contributed by atoms with van der Waals surface area (Å²) >= 11 is 6.07. The zero-order valence-corrected chi connectivity index (χ0v) is 16.0. The molecule has 0 radical (unpaired) electrons. The second-order valence-corrected chi connectivity index (χ2v) is 6.53. The first kappa shape index (κ1) is 19.5. The van der Waals surface area contributed by atoms with Crippen molar-refractivity contribution in [3.63, 3.8) is 0 Å². The van der Waals surface area contributed by atoms with Crippen LogP contribution in [0.2, 0.25) is 5.02 Å². The summed E-state index contributed by atoms with van der Waals surface area (Å²) in [5.74, 6) is 0.838. The molecule has 0 saturated heterocycles. The van der Waals surface area contributed by atoms with Gasteiger partial charge in [0.1, 0.15) is 5.75 Å². The topological polar surface area (TPSA) is 67.4 Å². The van der Waals surface area contributed by atoms with Crippen LogP contribution in [-0.2, 0) is 4.79 Å². The Balaban J connectivity index is 1.67. The molecule has 142 valence electrons. The number of nitrogens with one attached hydrogen (secondary N) is 2. The van der Waals surface area contributed by atoms with E-state index >= 15 is 0 Å². The maximum Gasteiger partial charge on any atom is 0.243 e. The van der Waals surface area contributed by atoms with Crippen molar-refractivity contribution in [2.24, 2.45) is 0 Å². The average Bonchev–Trinajstić information content (AvgIpc) is 2.69. The molecule has 0 bridgehead atoms. The van der Waals surface area contributed by atoms with Crippen molar-refractivity contribution in [1.82, 2.24) is 0 Å². The van der Waals surface area contributed by atoms with E-state index < -0.39 is 0 Å². The minimum Gasteiger partial charge on any atom is -0.455 e. The molecule has 0 unspecified atom stereocenters. The highest BCUT2D eigenvalue weighted by atomic mass is 35.5. The first-order chi connectivity index (χ1) is 13.5. The fourth-order valence-corrected chi connectivity index (χ4v) is 2.70. The first-order valence-corrected chi connectivity index (χ1v) is 9.06. The van der Waals surface area contributed by atoms with Gasteiger partial charge in [-0.15, -0.1) is 0 Å². The number of carbonyl (C=O) groups is 2. The van der Waals surface area contributed by atoms with E-state index in [1.807, 2.05) is 30.3 Å². The molecule has 0 spiro atoms. The number of carbonyl (C=O) groups excluding carboxylic acids is 2. The lowest BCUT2D eigenvalue weighted by molar-refractivity contribution is -0.114. The molecule has 1 amide bonds. The third kappa shape index (κ3) is 5.34. The molecule has 5 nitrogen and oxygen atoms in total.